The van der Waals surface area contributed by atoms with E-state index in [1.54, 1.807) is 13.0 Å². The molecule has 0 aromatic heterocycles. The van der Waals surface area contributed by atoms with Crippen LogP contribution in [0.2, 0.25) is 0 Å². The van der Waals surface area contributed by atoms with Gasteiger partial charge in [-0.25, -0.2) is 0 Å². The lowest BCUT2D eigenvalue weighted by molar-refractivity contribution is -0.138. The van der Waals surface area contributed by atoms with Gasteiger partial charge >= 0.3 is 5.97 Å². The molecule has 0 saturated carbocycles. The number of carbonyl (C=O) groups is 1. The molecule has 0 bridgehead atoms. The number of rotatable bonds is 5. The summed E-state index contributed by atoms with van der Waals surface area (Å²) < 4.78 is 16.2. The Bertz CT molecular complexity index is 458. The summed E-state index contributed by atoms with van der Waals surface area (Å²) in [7, 11) is 4.47. The number of carboxylic acids is 1. The van der Waals surface area contributed by atoms with Gasteiger partial charge in [0, 0.05) is 5.56 Å². The fraction of sp³-hybridized carbons (Fsp3) is 0.417. The molecule has 1 aromatic carbocycles. The van der Waals surface area contributed by atoms with Crippen LogP contribution in [-0.2, 0) is 4.79 Å². The standard InChI is InChI=1S/C12H15BrO5/c1-6(12(14)15)7-5-8(16-2)11(18-4)9(13)10(7)17-3/h5-6H,1-4H3,(H,14,15). The Hall–Kier alpha value is -1.43. The number of benzene rings is 1. The van der Waals surface area contributed by atoms with Gasteiger partial charge in [-0.05, 0) is 28.9 Å². The molecule has 0 radical (unpaired) electrons. The Morgan fingerprint density at radius 1 is 1.22 bits per heavy atom. The molecule has 0 heterocycles. The minimum atomic E-state index is -0.938. The zero-order valence-corrected chi connectivity index (χ0v) is 12.2. The third-order valence-electron chi connectivity index (χ3n) is 2.64. The van der Waals surface area contributed by atoms with E-state index in [1.807, 2.05) is 0 Å². The number of halogens is 1. The van der Waals surface area contributed by atoms with Gasteiger partial charge in [-0.15, -0.1) is 0 Å². The first-order valence-electron chi connectivity index (χ1n) is 5.19. The summed E-state index contributed by atoms with van der Waals surface area (Å²) in [6.45, 7) is 1.58. The molecule has 0 saturated heterocycles. The van der Waals surface area contributed by atoms with Crippen LogP contribution in [0.4, 0.5) is 0 Å². The molecule has 0 fully saturated rings. The van der Waals surface area contributed by atoms with Crippen molar-refractivity contribution in [3.63, 3.8) is 0 Å². The normalized spacial score (nSPS) is 11.8. The van der Waals surface area contributed by atoms with Gasteiger partial charge in [0.1, 0.15) is 10.2 Å². The lowest BCUT2D eigenvalue weighted by Gasteiger charge is -2.18. The van der Waals surface area contributed by atoms with E-state index >= 15 is 0 Å². The molecule has 0 aliphatic rings. The van der Waals surface area contributed by atoms with Crippen molar-refractivity contribution in [1.82, 2.24) is 0 Å². The van der Waals surface area contributed by atoms with E-state index in [4.69, 9.17) is 19.3 Å². The Balaban J connectivity index is 3.51. The van der Waals surface area contributed by atoms with Crippen molar-refractivity contribution in [1.29, 1.82) is 0 Å². The largest absolute Gasteiger partial charge is 0.495 e. The Morgan fingerprint density at radius 2 is 1.78 bits per heavy atom. The van der Waals surface area contributed by atoms with Gasteiger partial charge in [-0.2, -0.15) is 0 Å². The fourth-order valence-electron chi connectivity index (χ4n) is 1.61. The summed E-state index contributed by atoms with van der Waals surface area (Å²) in [6, 6.07) is 1.61. The highest BCUT2D eigenvalue weighted by Gasteiger charge is 2.25. The molecule has 6 heteroatoms. The SMILES string of the molecule is COc1cc(C(C)C(=O)O)c(OC)c(Br)c1OC. The Morgan fingerprint density at radius 3 is 2.17 bits per heavy atom. The van der Waals surface area contributed by atoms with Crippen molar-refractivity contribution >= 4 is 21.9 Å². The van der Waals surface area contributed by atoms with Crippen molar-refractivity contribution in [2.45, 2.75) is 12.8 Å². The quantitative estimate of drug-likeness (QED) is 0.904. The molecule has 1 N–H and O–H groups in total. The average Bonchev–Trinajstić information content (AvgIpc) is 2.36. The van der Waals surface area contributed by atoms with E-state index < -0.39 is 11.9 Å². The number of ether oxygens (including phenoxy) is 3. The van der Waals surface area contributed by atoms with Gasteiger partial charge in [0.05, 0.1) is 27.2 Å². The zero-order valence-electron chi connectivity index (χ0n) is 10.6. The van der Waals surface area contributed by atoms with Crippen molar-refractivity contribution in [3.8, 4) is 17.2 Å². The summed E-state index contributed by atoms with van der Waals surface area (Å²) in [6.07, 6.45) is 0. The molecule has 18 heavy (non-hydrogen) atoms. The van der Waals surface area contributed by atoms with Crippen molar-refractivity contribution in [2.24, 2.45) is 0 Å². The Labute approximate surface area is 114 Å². The third kappa shape index (κ3) is 2.53. The topological polar surface area (TPSA) is 65.0 Å². The maximum Gasteiger partial charge on any atom is 0.310 e. The summed E-state index contributed by atoms with van der Waals surface area (Å²) in [5, 5.41) is 9.09. The molecule has 0 aliphatic carbocycles. The summed E-state index contributed by atoms with van der Waals surface area (Å²) >= 11 is 3.34. The van der Waals surface area contributed by atoms with Crippen LogP contribution >= 0.6 is 15.9 Å². The average molecular weight is 319 g/mol. The highest BCUT2D eigenvalue weighted by atomic mass is 79.9. The van der Waals surface area contributed by atoms with Gasteiger partial charge in [0.25, 0.3) is 0 Å². The number of hydrogen-bond acceptors (Lipinski definition) is 4. The summed E-state index contributed by atoms with van der Waals surface area (Å²) in [5.74, 6) is -0.296. The Kier molecular flexibility index (Phi) is 4.84. The molecule has 1 aromatic rings. The van der Waals surface area contributed by atoms with Gasteiger partial charge in [-0.1, -0.05) is 0 Å². The highest BCUT2D eigenvalue weighted by molar-refractivity contribution is 9.10. The van der Waals surface area contributed by atoms with Crippen LogP contribution in [0.3, 0.4) is 0 Å². The number of hydrogen-bond donors (Lipinski definition) is 1. The van der Waals surface area contributed by atoms with Gasteiger partial charge in [0.2, 0.25) is 0 Å². The smallest absolute Gasteiger partial charge is 0.310 e. The second-order valence-corrected chi connectivity index (χ2v) is 4.40. The lowest BCUT2D eigenvalue weighted by Crippen LogP contribution is -2.10. The predicted octanol–water partition coefficient (Wildman–Crippen LogP) is 2.66. The summed E-state index contributed by atoms with van der Waals surface area (Å²) in [4.78, 5) is 11.1. The highest BCUT2D eigenvalue weighted by Crippen LogP contribution is 2.46. The molecule has 1 rings (SSSR count). The van der Waals surface area contributed by atoms with Crippen LogP contribution in [0.25, 0.3) is 0 Å². The monoisotopic (exact) mass is 318 g/mol. The first-order chi connectivity index (χ1) is 8.47. The molecule has 1 atom stereocenters. The second kappa shape index (κ2) is 5.95. The van der Waals surface area contributed by atoms with Crippen LogP contribution in [0.5, 0.6) is 17.2 Å². The molecular weight excluding hydrogens is 304 g/mol. The van der Waals surface area contributed by atoms with Crippen LogP contribution < -0.4 is 14.2 Å². The molecule has 100 valence electrons. The third-order valence-corrected chi connectivity index (χ3v) is 3.36. The number of methoxy groups -OCH3 is 3. The van der Waals surface area contributed by atoms with Crippen LogP contribution in [0.15, 0.2) is 10.5 Å². The maximum absolute atomic E-state index is 11.1. The molecule has 0 aliphatic heterocycles. The number of carboxylic acid groups (broad SMARTS) is 1. The van der Waals surface area contributed by atoms with Gasteiger partial charge in [0.15, 0.2) is 11.5 Å². The molecule has 1 unspecified atom stereocenters. The predicted molar refractivity (Wildman–Crippen MR) is 69.8 cm³/mol. The fourth-order valence-corrected chi connectivity index (χ4v) is 2.36. The van der Waals surface area contributed by atoms with Crippen LogP contribution in [-0.4, -0.2) is 32.4 Å². The van der Waals surface area contributed by atoms with Crippen LogP contribution in [0.1, 0.15) is 18.4 Å². The minimum absolute atomic E-state index is 0.433. The second-order valence-electron chi connectivity index (χ2n) is 3.61. The molecule has 5 nitrogen and oxygen atoms in total. The van der Waals surface area contributed by atoms with Crippen molar-refractivity contribution in [2.75, 3.05) is 21.3 Å². The van der Waals surface area contributed by atoms with Crippen molar-refractivity contribution < 1.29 is 24.1 Å². The minimum Gasteiger partial charge on any atom is -0.495 e. The van der Waals surface area contributed by atoms with E-state index in [9.17, 15) is 4.79 Å². The van der Waals surface area contributed by atoms with E-state index in [0.717, 1.165) is 0 Å². The van der Waals surface area contributed by atoms with E-state index in [2.05, 4.69) is 15.9 Å². The van der Waals surface area contributed by atoms with Crippen molar-refractivity contribution in [3.05, 3.63) is 16.1 Å². The first-order valence-corrected chi connectivity index (χ1v) is 5.98. The van der Waals surface area contributed by atoms with Crippen LogP contribution in [0, 0.1) is 0 Å². The van der Waals surface area contributed by atoms with Gasteiger partial charge < -0.3 is 19.3 Å². The van der Waals surface area contributed by atoms with E-state index in [-0.39, 0.29) is 0 Å². The molecule has 0 amide bonds. The summed E-state index contributed by atoms with van der Waals surface area (Å²) in [5.41, 5.74) is 0.523. The van der Waals surface area contributed by atoms with Gasteiger partial charge in [-0.3, -0.25) is 4.79 Å². The first kappa shape index (κ1) is 14.6. The van der Waals surface area contributed by atoms with E-state index in [0.29, 0.717) is 27.3 Å². The number of aliphatic carboxylic acids is 1. The maximum atomic E-state index is 11.1. The lowest BCUT2D eigenvalue weighted by atomic mass is 9.99. The molecule has 0 spiro atoms. The molecular formula is C12H15BrO5. The van der Waals surface area contributed by atoms with E-state index in [1.165, 1.54) is 21.3 Å². The zero-order chi connectivity index (χ0) is 13.9.